The Morgan fingerprint density at radius 2 is 1.78 bits per heavy atom. The zero-order valence-corrected chi connectivity index (χ0v) is 21.7. The molecular formula is C29H31FN4O3. The van der Waals surface area contributed by atoms with Crippen LogP contribution in [0.4, 0.5) is 10.2 Å². The van der Waals surface area contributed by atoms with Gasteiger partial charge < -0.3 is 14.6 Å². The Balaban J connectivity index is 1.63. The topological polar surface area (TPSA) is 80.4 Å². The highest BCUT2D eigenvalue weighted by Crippen LogP contribution is 2.28. The Morgan fingerprint density at radius 1 is 1.05 bits per heavy atom. The van der Waals surface area contributed by atoms with Crippen molar-refractivity contribution in [3.8, 4) is 5.69 Å². The number of hydrogen-bond donors (Lipinski definition) is 1. The van der Waals surface area contributed by atoms with Crippen molar-refractivity contribution in [2.45, 2.75) is 46.6 Å². The van der Waals surface area contributed by atoms with E-state index in [2.05, 4.69) is 32.2 Å². The van der Waals surface area contributed by atoms with Gasteiger partial charge in [-0.2, -0.15) is 5.10 Å². The average Bonchev–Trinajstić information content (AvgIpc) is 3.49. The van der Waals surface area contributed by atoms with Crippen molar-refractivity contribution < 1.29 is 18.4 Å². The van der Waals surface area contributed by atoms with Gasteiger partial charge in [-0.1, -0.05) is 38.5 Å². The van der Waals surface area contributed by atoms with Crippen LogP contribution in [-0.4, -0.2) is 33.0 Å². The molecular weight excluding hydrogens is 471 g/mol. The van der Waals surface area contributed by atoms with E-state index in [1.54, 1.807) is 16.8 Å². The van der Waals surface area contributed by atoms with Crippen LogP contribution in [0.3, 0.4) is 0 Å². The number of aryl methyl sites for hydroxylation is 2. The Bertz CT molecular complexity index is 1400. The first-order chi connectivity index (χ1) is 17.5. The summed E-state index contributed by atoms with van der Waals surface area (Å²) < 4.78 is 20.5. The number of furan rings is 1. The maximum atomic E-state index is 13.4. The molecule has 0 spiro atoms. The van der Waals surface area contributed by atoms with Crippen molar-refractivity contribution in [1.29, 1.82) is 0 Å². The molecule has 0 unspecified atom stereocenters. The van der Waals surface area contributed by atoms with Crippen molar-refractivity contribution in [3.63, 3.8) is 0 Å². The summed E-state index contributed by atoms with van der Waals surface area (Å²) in [6.45, 7) is 10.0. The van der Waals surface area contributed by atoms with Gasteiger partial charge in [0.15, 0.2) is 0 Å². The molecule has 192 valence electrons. The first-order valence-electron chi connectivity index (χ1n) is 12.1. The van der Waals surface area contributed by atoms with Gasteiger partial charge in [-0.3, -0.25) is 9.59 Å². The van der Waals surface area contributed by atoms with Crippen LogP contribution < -0.4 is 5.32 Å². The number of benzene rings is 2. The van der Waals surface area contributed by atoms with Gasteiger partial charge in [0.05, 0.1) is 24.2 Å². The van der Waals surface area contributed by atoms with Gasteiger partial charge in [0, 0.05) is 17.0 Å². The number of anilines is 1. The standard InChI is InChI=1S/C29H31FN4O3/c1-19-8-13-24(20(2)15-19)34-26(16-25(32-34)29(3,4)5)31-27(35)18-33(17-23-7-6-14-37-23)28(36)21-9-11-22(30)12-10-21/h6-16H,17-18H2,1-5H3,(H,31,35). The zero-order valence-electron chi connectivity index (χ0n) is 21.7. The van der Waals surface area contributed by atoms with Crippen molar-refractivity contribution in [1.82, 2.24) is 14.7 Å². The number of halogens is 1. The molecule has 2 heterocycles. The number of aromatic nitrogens is 2. The number of amides is 2. The van der Waals surface area contributed by atoms with Crippen LogP contribution >= 0.6 is 0 Å². The third kappa shape index (κ3) is 6.14. The van der Waals surface area contributed by atoms with Crippen LogP contribution in [0.1, 0.15) is 53.7 Å². The van der Waals surface area contributed by atoms with Gasteiger partial charge in [0.2, 0.25) is 5.91 Å². The SMILES string of the molecule is Cc1ccc(-n2nc(C(C)(C)C)cc2NC(=O)CN(Cc2ccco2)C(=O)c2ccc(F)cc2)c(C)c1. The van der Waals surface area contributed by atoms with E-state index in [-0.39, 0.29) is 24.1 Å². The van der Waals surface area contributed by atoms with E-state index in [0.717, 1.165) is 22.5 Å². The lowest BCUT2D eigenvalue weighted by Crippen LogP contribution is -2.37. The number of hydrogen-bond acceptors (Lipinski definition) is 4. The van der Waals surface area contributed by atoms with Crippen LogP contribution in [0.5, 0.6) is 0 Å². The molecule has 37 heavy (non-hydrogen) atoms. The summed E-state index contributed by atoms with van der Waals surface area (Å²) in [5, 5.41) is 7.74. The number of nitrogens with zero attached hydrogens (tertiary/aromatic N) is 3. The molecule has 0 aliphatic rings. The summed E-state index contributed by atoms with van der Waals surface area (Å²) in [7, 11) is 0. The summed E-state index contributed by atoms with van der Waals surface area (Å²) in [5.41, 5.74) is 3.85. The summed E-state index contributed by atoms with van der Waals surface area (Å²) in [5.74, 6) is -0.216. The van der Waals surface area contributed by atoms with E-state index in [1.807, 2.05) is 32.0 Å². The van der Waals surface area contributed by atoms with Gasteiger partial charge in [-0.25, -0.2) is 9.07 Å². The van der Waals surface area contributed by atoms with Crippen LogP contribution in [0, 0.1) is 19.7 Å². The molecule has 4 rings (SSSR count). The zero-order chi connectivity index (χ0) is 26.7. The molecule has 0 fully saturated rings. The monoisotopic (exact) mass is 502 g/mol. The molecule has 0 aliphatic carbocycles. The average molecular weight is 503 g/mol. The molecule has 8 heteroatoms. The molecule has 2 amide bonds. The van der Waals surface area contributed by atoms with Crippen LogP contribution in [0.2, 0.25) is 0 Å². The van der Waals surface area contributed by atoms with Gasteiger partial charge >= 0.3 is 0 Å². The summed E-state index contributed by atoms with van der Waals surface area (Å²) in [4.78, 5) is 27.9. The summed E-state index contributed by atoms with van der Waals surface area (Å²) in [6.07, 6.45) is 1.51. The normalized spacial score (nSPS) is 11.4. The van der Waals surface area contributed by atoms with E-state index in [9.17, 15) is 14.0 Å². The highest BCUT2D eigenvalue weighted by atomic mass is 19.1. The molecule has 2 aromatic carbocycles. The fourth-order valence-electron chi connectivity index (χ4n) is 3.98. The van der Waals surface area contributed by atoms with Gasteiger partial charge in [0.1, 0.15) is 23.9 Å². The smallest absolute Gasteiger partial charge is 0.254 e. The van der Waals surface area contributed by atoms with Crippen LogP contribution in [0.15, 0.2) is 71.3 Å². The minimum Gasteiger partial charge on any atom is -0.467 e. The molecule has 0 saturated carbocycles. The molecule has 4 aromatic rings. The molecule has 0 bridgehead atoms. The van der Waals surface area contributed by atoms with E-state index >= 15 is 0 Å². The maximum Gasteiger partial charge on any atom is 0.254 e. The lowest BCUT2D eigenvalue weighted by molar-refractivity contribution is -0.117. The van der Waals surface area contributed by atoms with E-state index < -0.39 is 17.6 Å². The van der Waals surface area contributed by atoms with Crippen molar-refractivity contribution in [2.24, 2.45) is 0 Å². The minimum atomic E-state index is -0.443. The lowest BCUT2D eigenvalue weighted by Gasteiger charge is -2.21. The van der Waals surface area contributed by atoms with Gasteiger partial charge in [-0.05, 0) is 61.9 Å². The van der Waals surface area contributed by atoms with Gasteiger partial charge in [0.25, 0.3) is 5.91 Å². The van der Waals surface area contributed by atoms with Crippen molar-refractivity contribution in [2.75, 3.05) is 11.9 Å². The third-order valence-corrected chi connectivity index (χ3v) is 5.97. The molecule has 7 nitrogen and oxygen atoms in total. The number of rotatable bonds is 7. The second-order valence-corrected chi connectivity index (χ2v) is 10.2. The van der Waals surface area contributed by atoms with Gasteiger partial charge in [-0.15, -0.1) is 0 Å². The predicted octanol–water partition coefficient (Wildman–Crippen LogP) is 5.80. The first-order valence-corrected chi connectivity index (χ1v) is 12.1. The van der Waals surface area contributed by atoms with E-state index in [1.165, 1.54) is 35.4 Å². The second-order valence-electron chi connectivity index (χ2n) is 10.2. The highest BCUT2D eigenvalue weighted by Gasteiger charge is 2.24. The Morgan fingerprint density at radius 3 is 2.41 bits per heavy atom. The number of nitrogens with one attached hydrogen (secondary N) is 1. The van der Waals surface area contributed by atoms with E-state index in [0.29, 0.717) is 11.6 Å². The molecule has 0 saturated heterocycles. The molecule has 2 aromatic heterocycles. The fraction of sp³-hybridized carbons (Fsp3) is 0.276. The maximum absolute atomic E-state index is 13.4. The Labute approximate surface area is 215 Å². The molecule has 0 radical (unpaired) electrons. The quantitative estimate of drug-likeness (QED) is 0.346. The first kappa shape index (κ1) is 25.9. The number of carbonyl (C=O) groups excluding carboxylic acids is 2. The Hall–Kier alpha value is -4.20. The lowest BCUT2D eigenvalue weighted by atomic mass is 9.92. The predicted molar refractivity (Wildman–Crippen MR) is 140 cm³/mol. The summed E-state index contributed by atoms with van der Waals surface area (Å²) >= 11 is 0. The molecule has 0 atom stereocenters. The summed E-state index contributed by atoms with van der Waals surface area (Å²) in [6, 6.07) is 16.6. The minimum absolute atomic E-state index is 0.0835. The molecule has 1 N–H and O–H groups in total. The third-order valence-electron chi connectivity index (χ3n) is 5.97. The van der Waals surface area contributed by atoms with E-state index in [4.69, 9.17) is 9.52 Å². The second kappa shape index (κ2) is 10.4. The largest absolute Gasteiger partial charge is 0.467 e. The van der Waals surface area contributed by atoms with Crippen LogP contribution in [0.25, 0.3) is 5.69 Å². The molecule has 0 aliphatic heterocycles. The Kier molecular flexibility index (Phi) is 7.29. The highest BCUT2D eigenvalue weighted by molar-refractivity contribution is 5.99. The van der Waals surface area contributed by atoms with Crippen molar-refractivity contribution >= 4 is 17.6 Å². The number of carbonyl (C=O) groups is 2. The van der Waals surface area contributed by atoms with Crippen LogP contribution in [-0.2, 0) is 16.8 Å². The fourth-order valence-corrected chi connectivity index (χ4v) is 3.98. The van der Waals surface area contributed by atoms with Crippen molar-refractivity contribution in [3.05, 3.63) is 101 Å².